The number of benzene rings is 3. The summed E-state index contributed by atoms with van der Waals surface area (Å²) in [6.07, 6.45) is 0.443. The minimum atomic E-state index is -3.78. The number of Topliss-reactive ketones (excluding diaryl/α,β-unsaturated/α-hetero) is 1. The van der Waals surface area contributed by atoms with Gasteiger partial charge in [-0.15, -0.1) is 0 Å². The maximum absolute atomic E-state index is 13.2. The fraction of sp³-hybridized carbons (Fsp3) is 0.240. The van der Waals surface area contributed by atoms with Gasteiger partial charge < -0.3 is 4.74 Å². The van der Waals surface area contributed by atoms with Crippen LogP contribution in [-0.2, 0) is 23.1 Å². The van der Waals surface area contributed by atoms with Crippen molar-refractivity contribution in [1.29, 1.82) is 0 Å². The second-order valence-corrected chi connectivity index (χ2v) is 9.70. The number of aryl methyl sites for hydroxylation is 1. The molecule has 160 valence electrons. The highest BCUT2D eigenvalue weighted by atomic mass is 32.2. The summed E-state index contributed by atoms with van der Waals surface area (Å²) in [6.45, 7) is 4.22. The molecule has 5 nitrogen and oxygen atoms in total. The van der Waals surface area contributed by atoms with Crippen molar-refractivity contribution in [3.8, 4) is 5.75 Å². The molecular formula is C25H25NO4S. The summed E-state index contributed by atoms with van der Waals surface area (Å²) >= 11 is 0. The lowest BCUT2D eigenvalue weighted by Gasteiger charge is -2.25. The van der Waals surface area contributed by atoms with Crippen molar-refractivity contribution >= 4 is 15.8 Å². The van der Waals surface area contributed by atoms with Crippen LogP contribution in [0.5, 0.6) is 5.75 Å². The molecule has 1 heterocycles. The van der Waals surface area contributed by atoms with E-state index in [1.807, 2.05) is 43.3 Å². The Morgan fingerprint density at radius 2 is 1.71 bits per heavy atom. The average Bonchev–Trinajstić information content (AvgIpc) is 2.90. The van der Waals surface area contributed by atoms with Gasteiger partial charge in [-0.3, -0.25) is 4.79 Å². The maximum Gasteiger partial charge on any atom is 0.243 e. The summed E-state index contributed by atoms with van der Waals surface area (Å²) < 4.78 is 33.7. The van der Waals surface area contributed by atoms with Crippen LogP contribution in [0.1, 0.15) is 34.0 Å². The van der Waals surface area contributed by atoms with E-state index in [1.165, 1.54) is 4.31 Å². The van der Waals surface area contributed by atoms with Crippen LogP contribution in [-0.4, -0.2) is 31.1 Å². The molecule has 1 aliphatic heterocycles. The number of sulfonamides is 1. The van der Waals surface area contributed by atoms with Gasteiger partial charge in [-0.1, -0.05) is 48.0 Å². The van der Waals surface area contributed by atoms with Crippen LogP contribution in [0.15, 0.2) is 77.7 Å². The molecule has 1 unspecified atom stereocenters. The summed E-state index contributed by atoms with van der Waals surface area (Å²) in [5.74, 6) is 0.468. The Morgan fingerprint density at radius 1 is 1.00 bits per heavy atom. The number of hydrogen-bond acceptors (Lipinski definition) is 4. The van der Waals surface area contributed by atoms with Crippen LogP contribution in [0.25, 0.3) is 0 Å². The molecule has 6 heteroatoms. The number of nitrogens with zero attached hydrogens (tertiary/aromatic N) is 1. The third-order valence-electron chi connectivity index (χ3n) is 5.63. The lowest BCUT2D eigenvalue weighted by atomic mass is 9.99. The van der Waals surface area contributed by atoms with Crippen molar-refractivity contribution in [1.82, 2.24) is 4.31 Å². The number of ketones is 1. The van der Waals surface area contributed by atoms with Crippen molar-refractivity contribution in [2.45, 2.75) is 37.8 Å². The van der Waals surface area contributed by atoms with Gasteiger partial charge in [0.05, 0.1) is 10.9 Å². The molecule has 3 aromatic rings. The van der Waals surface area contributed by atoms with Gasteiger partial charge in [0.2, 0.25) is 10.0 Å². The maximum atomic E-state index is 13.2. The summed E-state index contributed by atoms with van der Waals surface area (Å²) in [5, 5.41) is 0. The second-order valence-electron chi connectivity index (χ2n) is 7.81. The molecule has 0 saturated heterocycles. The van der Waals surface area contributed by atoms with E-state index in [0.717, 1.165) is 16.7 Å². The summed E-state index contributed by atoms with van der Waals surface area (Å²) in [5.41, 5.74) is 3.40. The van der Waals surface area contributed by atoms with Crippen molar-refractivity contribution < 1.29 is 17.9 Å². The Hall–Kier alpha value is -2.96. The smallest absolute Gasteiger partial charge is 0.243 e. The van der Waals surface area contributed by atoms with Gasteiger partial charge in [0.25, 0.3) is 0 Å². The van der Waals surface area contributed by atoms with Gasteiger partial charge in [-0.25, -0.2) is 8.42 Å². The zero-order valence-corrected chi connectivity index (χ0v) is 18.4. The zero-order chi connectivity index (χ0) is 22.0. The SMILES string of the molecule is Cc1ccc(S(=O)(=O)N2CCc3cc(OCc4ccccc4)ccc3C(=O)C2C)cc1. The van der Waals surface area contributed by atoms with Crippen LogP contribution in [0, 0.1) is 6.92 Å². The lowest BCUT2D eigenvalue weighted by Crippen LogP contribution is -2.42. The summed E-state index contributed by atoms with van der Waals surface area (Å²) in [6, 6.07) is 21.2. The van der Waals surface area contributed by atoms with Crippen LogP contribution in [0.4, 0.5) is 0 Å². The number of carbonyl (C=O) groups is 1. The van der Waals surface area contributed by atoms with E-state index in [-0.39, 0.29) is 17.2 Å². The van der Waals surface area contributed by atoms with Crippen molar-refractivity contribution in [2.75, 3.05) is 6.54 Å². The van der Waals surface area contributed by atoms with Crippen molar-refractivity contribution in [3.05, 3.63) is 95.1 Å². The normalized spacial score (nSPS) is 17.1. The van der Waals surface area contributed by atoms with E-state index in [2.05, 4.69) is 0 Å². The van der Waals surface area contributed by atoms with Crippen LogP contribution in [0.2, 0.25) is 0 Å². The fourth-order valence-corrected chi connectivity index (χ4v) is 5.40. The number of carbonyl (C=O) groups excluding carboxylic acids is 1. The van der Waals surface area contributed by atoms with Gasteiger partial charge in [0.15, 0.2) is 5.78 Å². The Morgan fingerprint density at radius 3 is 2.42 bits per heavy atom. The summed E-state index contributed by atoms with van der Waals surface area (Å²) in [4.78, 5) is 13.3. The van der Waals surface area contributed by atoms with Crippen LogP contribution in [0.3, 0.4) is 0 Å². The fourth-order valence-electron chi connectivity index (χ4n) is 3.80. The molecule has 0 radical (unpaired) electrons. The molecule has 0 spiro atoms. The molecule has 0 saturated carbocycles. The third-order valence-corrected chi connectivity index (χ3v) is 7.62. The Kier molecular flexibility index (Phi) is 5.94. The number of ether oxygens (including phenoxy) is 1. The molecule has 1 aliphatic rings. The average molecular weight is 436 g/mol. The number of fused-ring (bicyclic) bond motifs is 1. The van der Waals surface area contributed by atoms with Gasteiger partial charge in [-0.05, 0) is 61.7 Å². The van der Waals surface area contributed by atoms with Crippen LogP contribution >= 0.6 is 0 Å². The molecular weight excluding hydrogens is 410 g/mol. The van der Waals surface area contributed by atoms with E-state index in [4.69, 9.17) is 4.74 Å². The molecule has 0 fully saturated rings. The lowest BCUT2D eigenvalue weighted by molar-refractivity contribution is 0.0915. The molecule has 0 amide bonds. The second kappa shape index (κ2) is 8.65. The zero-order valence-electron chi connectivity index (χ0n) is 17.6. The van der Waals surface area contributed by atoms with Gasteiger partial charge in [0, 0.05) is 12.1 Å². The van der Waals surface area contributed by atoms with E-state index in [0.29, 0.717) is 24.3 Å². The van der Waals surface area contributed by atoms with E-state index in [1.54, 1.807) is 43.3 Å². The first-order valence-corrected chi connectivity index (χ1v) is 11.7. The first kappa shape index (κ1) is 21.3. The first-order valence-electron chi connectivity index (χ1n) is 10.3. The molecule has 0 aromatic heterocycles. The minimum absolute atomic E-state index is 0.196. The Bertz CT molecular complexity index is 1190. The topological polar surface area (TPSA) is 63.7 Å². The molecule has 0 bridgehead atoms. The van der Waals surface area contributed by atoms with Crippen molar-refractivity contribution in [2.24, 2.45) is 0 Å². The highest BCUT2D eigenvalue weighted by Gasteiger charge is 2.36. The third kappa shape index (κ3) is 4.40. The van der Waals surface area contributed by atoms with Gasteiger partial charge in [-0.2, -0.15) is 4.31 Å². The first-order chi connectivity index (χ1) is 14.9. The van der Waals surface area contributed by atoms with E-state index in [9.17, 15) is 13.2 Å². The van der Waals surface area contributed by atoms with Crippen molar-refractivity contribution in [3.63, 3.8) is 0 Å². The molecule has 0 aliphatic carbocycles. The number of rotatable bonds is 5. The van der Waals surface area contributed by atoms with Crippen LogP contribution < -0.4 is 4.74 Å². The molecule has 4 rings (SSSR count). The Balaban J connectivity index is 1.57. The predicted molar refractivity (Wildman–Crippen MR) is 120 cm³/mol. The monoisotopic (exact) mass is 435 g/mol. The molecule has 3 aromatic carbocycles. The summed E-state index contributed by atoms with van der Waals surface area (Å²) in [7, 11) is -3.78. The molecule has 1 atom stereocenters. The quantitative estimate of drug-likeness (QED) is 0.596. The Labute approximate surface area is 183 Å². The van der Waals surface area contributed by atoms with Gasteiger partial charge >= 0.3 is 0 Å². The minimum Gasteiger partial charge on any atom is -0.489 e. The standard InChI is InChI=1S/C25H25NO4S/c1-18-8-11-23(12-9-18)31(28,29)26-15-14-21-16-22(10-13-24(21)25(27)19(26)2)30-17-20-6-4-3-5-7-20/h3-13,16,19H,14-15,17H2,1-2H3. The van der Waals surface area contributed by atoms with E-state index < -0.39 is 16.1 Å². The number of hydrogen-bond donors (Lipinski definition) is 0. The van der Waals surface area contributed by atoms with Gasteiger partial charge in [0.1, 0.15) is 12.4 Å². The van der Waals surface area contributed by atoms with E-state index >= 15 is 0 Å². The highest BCUT2D eigenvalue weighted by molar-refractivity contribution is 7.89. The largest absolute Gasteiger partial charge is 0.489 e. The molecule has 31 heavy (non-hydrogen) atoms. The molecule has 0 N–H and O–H groups in total. The highest BCUT2D eigenvalue weighted by Crippen LogP contribution is 2.28. The predicted octanol–water partition coefficient (Wildman–Crippen LogP) is 4.39.